The van der Waals surface area contributed by atoms with Crippen LogP contribution in [0.1, 0.15) is 24.9 Å². The van der Waals surface area contributed by atoms with E-state index in [0.29, 0.717) is 5.92 Å². The molecule has 4 heteroatoms. The van der Waals surface area contributed by atoms with Crippen LogP contribution in [0.15, 0.2) is 18.2 Å². The third kappa shape index (κ3) is 4.20. The Morgan fingerprint density at radius 1 is 1.06 bits per heavy atom. The molecule has 0 heterocycles. The Labute approximate surface area is 109 Å². The zero-order valence-electron chi connectivity index (χ0n) is 11.6. The van der Waals surface area contributed by atoms with E-state index in [4.69, 9.17) is 19.9 Å². The lowest BCUT2D eigenvalue weighted by molar-refractivity contribution is 0.152. The predicted molar refractivity (Wildman–Crippen MR) is 72.1 cm³/mol. The first-order valence-electron chi connectivity index (χ1n) is 6.08. The summed E-state index contributed by atoms with van der Waals surface area (Å²) in [6.45, 7) is 2.84. The van der Waals surface area contributed by atoms with Crippen molar-refractivity contribution in [2.75, 3.05) is 27.9 Å². The highest BCUT2D eigenvalue weighted by atomic mass is 16.5. The van der Waals surface area contributed by atoms with Gasteiger partial charge in [-0.25, -0.2) is 0 Å². The van der Waals surface area contributed by atoms with Crippen LogP contribution in [-0.4, -0.2) is 27.9 Å². The quantitative estimate of drug-likeness (QED) is 0.810. The number of methoxy groups -OCH3 is 3. The summed E-state index contributed by atoms with van der Waals surface area (Å²) in [5.74, 6) is 1.94. The number of ether oxygens (including phenoxy) is 3. The Morgan fingerprint density at radius 3 is 2.06 bits per heavy atom. The first-order valence-corrected chi connectivity index (χ1v) is 6.08. The molecular formula is C14H23NO3. The van der Waals surface area contributed by atoms with Gasteiger partial charge in [0.05, 0.1) is 14.2 Å². The monoisotopic (exact) mass is 253 g/mol. The molecule has 0 saturated heterocycles. The first kappa shape index (κ1) is 14.8. The normalized spacial score (nSPS) is 14.1. The van der Waals surface area contributed by atoms with Crippen molar-refractivity contribution in [3.05, 3.63) is 23.8 Å². The van der Waals surface area contributed by atoms with Crippen LogP contribution in [0, 0.1) is 5.92 Å². The van der Waals surface area contributed by atoms with Crippen LogP contribution in [0.25, 0.3) is 0 Å². The van der Waals surface area contributed by atoms with Crippen molar-refractivity contribution in [2.45, 2.75) is 19.4 Å². The van der Waals surface area contributed by atoms with E-state index in [0.717, 1.165) is 30.1 Å². The molecule has 2 unspecified atom stereocenters. The molecule has 1 rings (SSSR count). The fraction of sp³-hybridized carbons (Fsp3) is 0.571. The smallest absolute Gasteiger partial charge is 0.122 e. The van der Waals surface area contributed by atoms with Gasteiger partial charge in [0.25, 0.3) is 0 Å². The van der Waals surface area contributed by atoms with Gasteiger partial charge in [-0.3, -0.25) is 0 Å². The van der Waals surface area contributed by atoms with Gasteiger partial charge in [0, 0.05) is 25.8 Å². The highest BCUT2D eigenvalue weighted by Crippen LogP contribution is 2.28. The van der Waals surface area contributed by atoms with E-state index in [1.54, 1.807) is 21.3 Å². The fourth-order valence-electron chi connectivity index (χ4n) is 1.97. The Bertz CT molecular complexity index is 346. The average molecular weight is 253 g/mol. The van der Waals surface area contributed by atoms with E-state index in [1.165, 1.54) is 0 Å². The molecule has 0 radical (unpaired) electrons. The van der Waals surface area contributed by atoms with Crippen molar-refractivity contribution in [3.8, 4) is 11.5 Å². The van der Waals surface area contributed by atoms with Crippen LogP contribution >= 0.6 is 0 Å². The third-order valence-corrected chi connectivity index (χ3v) is 2.91. The zero-order chi connectivity index (χ0) is 13.5. The largest absolute Gasteiger partial charge is 0.497 e. The molecular weight excluding hydrogens is 230 g/mol. The van der Waals surface area contributed by atoms with Gasteiger partial charge in [0.15, 0.2) is 0 Å². The van der Waals surface area contributed by atoms with Crippen molar-refractivity contribution >= 4 is 0 Å². The Morgan fingerprint density at radius 2 is 1.61 bits per heavy atom. The van der Waals surface area contributed by atoms with E-state index in [2.05, 4.69) is 6.92 Å². The van der Waals surface area contributed by atoms with Crippen molar-refractivity contribution in [1.29, 1.82) is 0 Å². The second-order valence-corrected chi connectivity index (χ2v) is 4.55. The van der Waals surface area contributed by atoms with Gasteiger partial charge in [0.1, 0.15) is 11.5 Å². The van der Waals surface area contributed by atoms with Crippen molar-refractivity contribution in [3.63, 3.8) is 0 Å². The molecule has 102 valence electrons. The van der Waals surface area contributed by atoms with Gasteiger partial charge >= 0.3 is 0 Å². The lowest BCUT2D eigenvalue weighted by atomic mass is 9.97. The van der Waals surface area contributed by atoms with Gasteiger partial charge in [-0.05, 0) is 30.0 Å². The summed E-state index contributed by atoms with van der Waals surface area (Å²) in [6, 6.07) is 5.70. The standard InChI is InChI=1S/C14H23NO3/c1-10(9-16-2)5-14(15)11-6-12(17-3)8-13(7-11)18-4/h6-8,10,14H,5,9,15H2,1-4H3. The van der Waals surface area contributed by atoms with Crippen LogP contribution in [-0.2, 0) is 4.74 Å². The molecule has 0 aliphatic heterocycles. The molecule has 2 atom stereocenters. The Hall–Kier alpha value is -1.26. The summed E-state index contributed by atoms with van der Waals surface area (Å²) in [5, 5.41) is 0. The molecule has 0 fully saturated rings. The van der Waals surface area contributed by atoms with E-state index in [9.17, 15) is 0 Å². The van der Waals surface area contributed by atoms with E-state index in [-0.39, 0.29) is 6.04 Å². The minimum Gasteiger partial charge on any atom is -0.497 e. The molecule has 1 aromatic rings. The van der Waals surface area contributed by atoms with Crippen LogP contribution < -0.4 is 15.2 Å². The summed E-state index contributed by atoms with van der Waals surface area (Å²) in [6.07, 6.45) is 0.865. The zero-order valence-corrected chi connectivity index (χ0v) is 11.6. The maximum absolute atomic E-state index is 6.21. The topological polar surface area (TPSA) is 53.7 Å². The van der Waals surface area contributed by atoms with Gasteiger partial charge in [-0.1, -0.05) is 6.92 Å². The Balaban J connectivity index is 2.80. The lowest BCUT2D eigenvalue weighted by Gasteiger charge is -2.18. The number of hydrogen-bond donors (Lipinski definition) is 1. The van der Waals surface area contributed by atoms with E-state index >= 15 is 0 Å². The molecule has 4 nitrogen and oxygen atoms in total. The maximum atomic E-state index is 6.21. The maximum Gasteiger partial charge on any atom is 0.122 e. The number of benzene rings is 1. The highest BCUT2D eigenvalue weighted by Gasteiger charge is 2.13. The third-order valence-electron chi connectivity index (χ3n) is 2.91. The van der Waals surface area contributed by atoms with Crippen LogP contribution in [0.4, 0.5) is 0 Å². The highest BCUT2D eigenvalue weighted by molar-refractivity contribution is 5.39. The van der Waals surface area contributed by atoms with Crippen molar-refractivity contribution < 1.29 is 14.2 Å². The summed E-state index contributed by atoms with van der Waals surface area (Å²) in [7, 11) is 4.98. The fourth-order valence-corrected chi connectivity index (χ4v) is 1.97. The number of nitrogens with two attached hydrogens (primary N) is 1. The molecule has 0 saturated carbocycles. The summed E-state index contributed by atoms with van der Waals surface area (Å²) in [5.41, 5.74) is 7.23. The molecule has 0 spiro atoms. The molecule has 0 amide bonds. The Kier molecular flexibility index (Phi) is 5.95. The van der Waals surface area contributed by atoms with E-state index in [1.807, 2.05) is 18.2 Å². The van der Waals surface area contributed by atoms with Crippen molar-refractivity contribution in [2.24, 2.45) is 11.7 Å². The summed E-state index contributed by atoms with van der Waals surface area (Å²) >= 11 is 0. The molecule has 18 heavy (non-hydrogen) atoms. The lowest BCUT2D eigenvalue weighted by Crippen LogP contribution is -2.16. The van der Waals surface area contributed by atoms with Crippen LogP contribution in [0.3, 0.4) is 0 Å². The van der Waals surface area contributed by atoms with Gasteiger partial charge < -0.3 is 19.9 Å². The van der Waals surface area contributed by atoms with Gasteiger partial charge in [-0.2, -0.15) is 0 Å². The SMILES string of the molecule is COCC(C)CC(N)c1cc(OC)cc(OC)c1. The molecule has 0 aliphatic rings. The minimum atomic E-state index is -0.0425. The van der Waals surface area contributed by atoms with E-state index < -0.39 is 0 Å². The molecule has 1 aromatic carbocycles. The van der Waals surface area contributed by atoms with Gasteiger partial charge in [-0.15, -0.1) is 0 Å². The molecule has 0 aromatic heterocycles. The first-order chi connectivity index (χ1) is 8.60. The second-order valence-electron chi connectivity index (χ2n) is 4.55. The van der Waals surface area contributed by atoms with Crippen molar-refractivity contribution in [1.82, 2.24) is 0 Å². The van der Waals surface area contributed by atoms with Crippen LogP contribution in [0.5, 0.6) is 11.5 Å². The average Bonchev–Trinajstić information content (AvgIpc) is 2.38. The predicted octanol–water partition coefficient (Wildman–Crippen LogP) is 2.38. The molecule has 2 N–H and O–H groups in total. The number of rotatable bonds is 7. The molecule has 0 aliphatic carbocycles. The molecule has 0 bridgehead atoms. The van der Waals surface area contributed by atoms with Crippen LogP contribution in [0.2, 0.25) is 0 Å². The van der Waals surface area contributed by atoms with Gasteiger partial charge in [0.2, 0.25) is 0 Å². The second kappa shape index (κ2) is 7.24. The minimum absolute atomic E-state index is 0.0425. The number of hydrogen-bond acceptors (Lipinski definition) is 4. The summed E-state index contributed by atoms with van der Waals surface area (Å²) in [4.78, 5) is 0. The summed E-state index contributed by atoms with van der Waals surface area (Å²) < 4.78 is 15.6.